The minimum atomic E-state index is 0.151. The summed E-state index contributed by atoms with van der Waals surface area (Å²) in [7, 11) is 0. The molecule has 0 spiro atoms. The molecule has 19 heavy (non-hydrogen) atoms. The lowest BCUT2D eigenvalue weighted by Gasteiger charge is -2.23. The van der Waals surface area contributed by atoms with E-state index in [-0.39, 0.29) is 6.61 Å². The number of thiophene rings is 1. The molecule has 1 aliphatic rings. The van der Waals surface area contributed by atoms with E-state index in [0.717, 1.165) is 12.1 Å². The Morgan fingerprint density at radius 3 is 2.63 bits per heavy atom. The van der Waals surface area contributed by atoms with Crippen LogP contribution < -0.4 is 0 Å². The lowest BCUT2D eigenvalue weighted by molar-refractivity contribution is 0.241. The molecule has 1 aromatic rings. The van der Waals surface area contributed by atoms with Gasteiger partial charge in [-0.25, -0.2) is 0 Å². The molecule has 1 fully saturated rings. The first-order valence-electron chi connectivity index (χ1n) is 7.28. The minimum absolute atomic E-state index is 0.151. The van der Waals surface area contributed by atoms with Crippen LogP contribution in [0.15, 0.2) is 11.4 Å². The van der Waals surface area contributed by atoms with Gasteiger partial charge < -0.3 is 5.11 Å². The zero-order valence-corrected chi connectivity index (χ0v) is 12.3. The van der Waals surface area contributed by atoms with Crippen LogP contribution in [0.25, 0.3) is 0 Å². The van der Waals surface area contributed by atoms with Crippen LogP contribution >= 0.6 is 11.3 Å². The van der Waals surface area contributed by atoms with Gasteiger partial charge in [0.2, 0.25) is 0 Å². The number of nitrogens with zero attached hydrogens (tertiary/aromatic N) is 1. The lowest BCUT2D eigenvalue weighted by Crippen LogP contribution is -2.26. The molecular weight excluding hydrogens is 254 g/mol. The van der Waals surface area contributed by atoms with E-state index in [0.29, 0.717) is 6.42 Å². The Morgan fingerprint density at radius 2 is 1.89 bits per heavy atom. The summed E-state index contributed by atoms with van der Waals surface area (Å²) < 4.78 is 0. The van der Waals surface area contributed by atoms with Crippen LogP contribution in [0.2, 0.25) is 0 Å². The lowest BCUT2D eigenvalue weighted by atomic mass is 10.1. The van der Waals surface area contributed by atoms with E-state index < -0.39 is 0 Å². The van der Waals surface area contributed by atoms with Crippen LogP contribution in [-0.4, -0.2) is 29.7 Å². The zero-order chi connectivity index (χ0) is 13.3. The fourth-order valence-corrected chi connectivity index (χ4v) is 3.30. The summed E-state index contributed by atoms with van der Waals surface area (Å²) in [6, 6.07) is 2.20. The van der Waals surface area contributed by atoms with Gasteiger partial charge in [-0.05, 0) is 32.0 Å². The predicted octanol–water partition coefficient (Wildman–Crippen LogP) is 3.25. The quantitative estimate of drug-likeness (QED) is 0.857. The Labute approximate surface area is 120 Å². The van der Waals surface area contributed by atoms with Crippen molar-refractivity contribution in [1.82, 2.24) is 4.90 Å². The van der Waals surface area contributed by atoms with Gasteiger partial charge in [0.1, 0.15) is 0 Å². The average Bonchev–Trinajstić information content (AvgIpc) is 2.81. The monoisotopic (exact) mass is 277 g/mol. The van der Waals surface area contributed by atoms with Gasteiger partial charge in [-0.15, -0.1) is 11.3 Å². The highest BCUT2D eigenvalue weighted by molar-refractivity contribution is 7.10. The molecule has 3 heteroatoms. The molecule has 0 aromatic carbocycles. The Kier molecular flexibility index (Phi) is 6.43. The molecular formula is C16H23NOS. The van der Waals surface area contributed by atoms with Crippen molar-refractivity contribution < 1.29 is 5.11 Å². The van der Waals surface area contributed by atoms with Gasteiger partial charge in [0.25, 0.3) is 0 Å². The molecule has 0 amide bonds. The molecule has 2 nitrogen and oxygen atoms in total. The molecule has 0 radical (unpaired) electrons. The Hall–Kier alpha value is -0.820. The molecule has 1 aromatic heterocycles. The van der Waals surface area contributed by atoms with E-state index >= 15 is 0 Å². The first kappa shape index (κ1) is 14.6. The molecule has 0 unspecified atom stereocenters. The predicted molar refractivity (Wildman–Crippen MR) is 81.3 cm³/mol. The van der Waals surface area contributed by atoms with Gasteiger partial charge >= 0.3 is 0 Å². The van der Waals surface area contributed by atoms with Crippen LogP contribution in [0.3, 0.4) is 0 Å². The summed E-state index contributed by atoms with van der Waals surface area (Å²) in [5.41, 5.74) is 1.10. The second-order valence-corrected chi connectivity index (χ2v) is 6.12. The number of aliphatic hydroxyl groups is 1. The van der Waals surface area contributed by atoms with Gasteiger partial charge in [-0.1, -0.05) is 31.1 Å². The van der Waals surface area contributed by atoms with Gasteiger partial charge in [-0.3, -0.25) is 4.90 Å². The third-order valence-electron chi connectivity index (χ3n) is 3.45. The number of likely N-dealkylation sites (tertiary alicyclic amines) is 1. The summed E-state index contributed by atoms with van der Waals surface area (Å²) >= 11 is 1.81. The van der Waals surface area contributed by atoms with Crippen molar-refractivity contribution in [2.24, 2.45) is 0 Å². The number of aliphatic hydroxyl groups excluding tert-OH is 1. The summed E-state index contributed by atoms with van der Waals surface area (Å²) in [4.78, 5) is 3.99. The molecule has 1 saturated heterocycles. The first-order valence-corrected chi connectivity index (χ1v) is 8.16. The maximum Gasteiger partial charge on any atom is 0.0540 e. The highest BCUT2D eigenvalue weighted by Crippen LogP contribution is 2.18. The van der Waals surface area contributed by atoms with E-state index in [9.17, 15) is 0 Å². The zero-order valence-electron chi connectivity index (χ0n) is 11.5. The van der Waals surface area contributed by atoms with Gasteiger partial charge in [0.15, 0.2) is 0 Å². The third-order valence-corrected chi connectivity index (χ3v) is 4.37. The van der Waals surface area contributed by atoms with Crippen LogP contribution in [0, 0.1) is 11.8 Å². The first-order chi connectivity index (χ1) is 9.38. The fraction of sp³-hybridized carbons (Fsp3) is 0.625. The average molecular weight is 277 g/mol. The molecule has 0 aliphatic carbocycles. The number of rotatable bonds is 3. The summed E-state index contributed by atoms with van der Waals surface area (Å²) in [6.45, 7) is 3.71. The van der Waals surface area contributed by atoms with E-state index in [1.807, 2.05) is 0 Å². The molecule has 2 heterocycles. The fourth-order valence-electron chi connectivity index (χ4n) is 2.44. The van der Waals surface area contributed by atoms with Crippen LogP contribution in [0.4, 0.5) is 0 Å². The smallest absolute Gasteiger partial charge is 0.0540 e. The van der Waals surface area contributed by atoms with Gasteiger partial charge in [-0.2, -0.15) is 0 Å². The van der Waals surface area contributed by atoms with Crippen molar-refractivity contribution in [2.45, 2.75) is 45.1 Å². The van der Waals surface area contributed by atoms with E-state index in [4.69, 9.17) is 5.11 Å². The second-order valence-electron chi connectivity index (χ2n) is 5.12. The van der Waals surface area contributed by atoms with Crippen molar-refractivity contribution in [3.8, 4) is 11.8 Å². The summed E-state index contributed by atoms with van der Waals surface area (Å²) in [5, 5.41) is 10.8. The van der Waals surface area contributed by atoms with Gasteiger partial charge in [0, 0.05) is 28.8 Å². The Balaban J connectivity index is 1.86. The van der Waals surface area contributed by atoms with E-state index in [1.165, 1.54) is 50.1 Å². The van der Waals surface area contributed by atoms with Crippen LogP contribution in [0.1, 0.15) is 49.0 Å². The topological polar surface area (TPSA) is 23.5 Å². The van der Waals surface area contributed by atoms with Crippen molar-refractivity contribution in [1.29, 1.82) is 0 Å². The summed E-state index contributed by atoms with van der Waals surface area (Å²) in [5.74, 6) is 6.09. The van der Waals surface area contributed by atoms with Gasteiger partial charge in [0.05, 0.1) is 6.61 Å². The van der Waals surface area contributed by atoms with E-state index in [2.05, 4.69) is 28.2 Å². The highest BCUT2D eigenvalue weighted by atomic mass is 32.1. The standard InChI is InChI=1S/C16H23NOS/c18-11-7-4-8-15-12-16(19-14-15)13-17-9-5-2-1-3-6-10-17/h12,14,18H,1-3,5-7,9-11,13H2. The molecule has 0 saturated carbocycles. The largest absolute Gasteiger partial charge is 0.395 e. The maximum atomic E-state index is 8.71. The minimum Gasteiger partial charge on any atom is -0.395 e. The molecule has 0 atom stereocenters. The van der Waals surface area contributed by atoms with Crippen molar-refractivity contribution in [2.75, 3.05) is 19.7 Å². The van der Waals surface area contributed by atoms with Crippen molar-refractivity contribution in [3.05, 3.63) is 21.9 Å². The Morgan fingerprint density at radius 1 is 1.16 bits per heavy atom. The number of hydrogen-bond donors (Lipinski definition) is 1. The SMILES string of the molecule is OCCC#Cc1csc(CN2CCCCCCC2)c1. The third kappa shape index (κ3) is 5.36. The second kappa shape index (κ2) is 8.37. The van der Waals surface area contributed by atoms with Crippen molar-refractivity contribution in [3.63, 3.8) is 0 Å². The maximum absolute atomic E-state index is 8.71. The molecule has 104 valence electrons. The molecule has 2 rings (SSSR count). The Bertz CT molecular complexity index is 421. The van der Waals surface area contributed by atoms with Crippen molar-refractivity contribution >= 4 is 11.3 Å². The van der Waals surface area contributed by atoms with Crippen LogP contribution in [0.5, 0.6) is 0 Å². The molecule has 0 bridgehead atoms. The normalized spacial score (nSPS) is 17.3. The number of hydrogen-bond acceptors (Lipinski definition) is 3. The van der Waals surface area contributed by atoms with E-state index in [1.54, 1.807) is 11.3 Å². The summed E-state index contributed by atoms with van der Waals surface area (Å²) in [6.07, 6.45) is 7.44. The highest BCUT2D eigenvalue weighted by Gasteiger charge is 2.09. The van der Waals surface area contributed by atoms with Crippen LogP contribution in [-0.2, 0) is 6.54 Å². The molecule has 1 aliphatic heterocycles. The molecule has 1 N–H and O–H groups in total.